The quantitative estimate of drug-likeness (QED) is 0.748. The second-order valence-corrected chi connectivity index (χ2v) is 4.99. The number of hydrogen-bond acceptors (Lipinski definition) is 4. The van der Waals surface area contributed by atoms with Gasteiger partial charge in [-0.1, -0.05) is 18.5 Å². The van der Waals surface area contributed by atoms with Crippen LogP contribution in [0.2, 0.25) is 5.02 Å². The molecule has 0 aliphatic carbocycles. The third kappa shape index (κ3) is 2.39. The zero-order valence-electron chi connectivity index (χ0n) is 10.6. The highest BCUT2D eigenvalue weighted by Crippen LogP contribution is 2.23. The average molecular weight is 307 g/mol. The summed E-state index contributed by atoms with van der Waals surface area (Å²) in [6.45, 7) is 2.04. The Labute approximate surface area is 125 Å². The molecule has 0 saturated carbocycles. The van der Waals surface area contributed by atoms with Crippen LogP contribution in [0, 0.1) is 4.84 Å². The Hall–Kier alpha value is -1.92. The van der Waals surface area contributed by atoms with Gasteiger partial charge in [-0.3, -0.25) is 0 Å². The molecule has 0 saturated heterocycles. The van der Waals surface area contributed by atoms with Crippen molar-refractivity contribution in [3.05, 3.63) is 45.9 Å². The molecule has 2 aromatic heterocycles. The molecule has 0 bridgehead atoms. The van der Waals surface area contributed by atoms with Gasteiger partial charge in [-0.2, -0.15) is 5.10 Å². The predicted molar refractivity (Wildman–Crippen MR) is 78.6 cm³/mol. The van der Waals surface area contributed by atoms with Crippen LogP contribution >= 0.6 is 23.8 Å². The fourth-order valence-electron chi connectivity index (χ4n) is 1.87. The van der Waals surface area contributed by atoms with Crippen molar-refractivity contribution in [1.29, 1.82) is 0 Å². The minimum atomic E-state index is 0.238. The Morgan fingerprint density at radius 1 is 1.35 bits per heavy atom. The van der Waals surface area contributed by atoms with Crippen molar-refractivity contribution in [2.75, 3.05) is 0 Å². The Bertz CT molecular complexity index is 787. The SMILES string of the molecule is CCc1cc(-c2n[nH]c(=S)o2)n(-c2ccc(Cl)cc2)n1. The molecule has 0 unspecified atom stereocenters. The van der Waals surface area contributed by atoms with E-state index >= 15 is 0 Å². The van der Waals surface area contributed by atoms with Gasteiger partial charge in [0.05, 0.1) is 11.4 Å². The molecule has 0 spiro atoms. The van der Waals surface area contributed by atoms with Gasteiger partial charge in [0, 0.05) is 5.02 Å². The van der Waals surface area contributed by atoms with E-state index in [-0.39, 0.29) is 4.84 Å². The van der Waals surface area contributed by atoms with E-state index in [0.29, 0.717) is 10.9 Å². The van der Waals surface area contributed by atoms with E-state index in [1.165, 1.54) is 0 Å². The van der Waals surface area contributed by atoms with Gasteiger partial charge >= 0.3 is 0 Å². The summed E-state index contributed by atoms with van der Waals surface area (Å²) in [6.07, 6.45) is 0.818. The Morgan fingerprint density at radius 3 is 2.70 bits per heavy atom. The molecule has 7 heteroatoms. The minimum absolute atomic E-state index is 0.238. The maximum atomic E-state index is 5.91. The zero-order valence-corrected chi connectivity index (χ0v) is 12.2. The smallest absolute Gasteiger partial charge is 0.284 e. The molecule has 0 aliphatic rings. The average Bonchev–Trinajstić information content (AvgIpc) is 3.05. The van der Waals surface area contributed by atoms with Crippen LogP contribution in [0.15, 0.2) is 34.7 Å². The number of benzene rings is 1. The number of aryl methyl sites for hydroxylation is 1. The van der Waals surface area contributed by atoms with Crippen LogP contribution < -0.4 is 0 Å². The second kappa shape index (κ2) is 5.22. The number of nitrogens with zero attached hydrogens (tertiary/aromatic N) is 3. The molecule has 0 aliphatic heterocycles. The Balaban J connectivity index is 2.16. The molecule has 3 aromatic rings. The van der Waals surface area contributed by atoms with Gasteiger partial charge in [0.25, 0.3) is 10.7 Å². The van der Waals surface area contributed by atoms with Gasteiger partial charge in [-0.25, -0.2) is 9.78 Å². The monoisotopic (exact) mass is 306 g/mol. The summed E-state index contributed by atoms with van der Waals surface area (Å²) in [6, 6.07) is 9.34. The third-order valence-corrected chi connectivity index (χ3v) is 3.28. The highest BCUT2D eigenvalue weighted by Gasteiger charge is 2.15. The lowest BCUT2D eigenvalue weighted by atomic mass is 10.3. The predicted octanol–water partition coefficient (Wildman–Crippen LogP) is 3.80. The molecule has 0 atom stereocenters. The van der Waals surface area contributed by atoms with E-state index in [1.54, 1.807) is 4.68 Å². The second-order valence-electron chi connectivity index (χ2n) is 4.18. The molecule has 0 radical (unpaired) electrons. The fourth-order valence-corrected chi connectivity index (χ4v) is 2.12. The normalized spacial score (nSPS) is 10.9. The number of H-pyrrole nitrogens is 1. The van der Waals surface area contributed by atoms with Crippen LogP contribution in [-0.2, 0) is 6.42 Å². The summed E-state index contributed by atoms with van der Waals surface area (Å²) in [7, 11) is 0. The summed E-state index contributed by atoms with van der Waals surface area (Å²) in [5.41, 5.74) is 2.57. The van der Waals surface area contributed by atoms with Crippen LogP contribution in [0.1, 0.15) is 12.6 Å². The molecular weight excluding hydrogens is 296 g/mol. The molecule has 1 N–H and O–H groups in total. The summed E-state index contributed by atoms with van der Waals surface area (Å²) in [5, 5.41) is 11.9. The number of aromatic amines is 1. The van der Waals surface area contributed by atoms with Crippen molar-refractivity contribution in [1.82, 2.24) is 20.0 Å². The van der Waals surface area contributed by atoms with Crippen molar-refractivity contribution in [3.8, 4) is 17.3 Å². The lowest BCUT2D eigenvalue weighted by Gasteiger charge is -2.04. The van der Waals surface area contributed by atoms with Crippen molar-refractivity contribution in [2.24, 2.45) is 0 Å². The Morgan fingerprint density at radius 2 is 2.10 bits per heavy atom. The summed E-state index contributed by atoms with van der Waals surface area (Å²) < 4.78 is 7.14. The molecule has 102 valence electrons. The molecule has 20 heavy (non-hydrogen) atoms. The molecule has 5 nitrogen and oxygen atoms in total. The van der Waals surface area contributed by atoms with Crippen molar-refractivity contribution in [2.45, 2.75) is 13.3 Å². The van der Waals surface area contributed by atoms with Crippen LogP contribution in [0.3, 0.4) is 0 Å². The van der Waals surface area contributed by atoms with Crippen LogP contribution in [0.25, 0.3) is 17.3 Å². The van der Waals surface area contributed by atoms with E-state index < -0.39 is 0 Å². The van der Waals surface area contributed by atoms with Gasteiger partial charge in [-0.05, 0) is 49.0 Å². The first kappa shape index (κ1) is 13.1. The number of nitrogens with one attached hydrogen (secondary N) is 1. The molecule has 3 rings (SSSR count). The van der Waals surface area contributed by atoms with E-state index in [2.05, 4.69) is 15.3 Å². The minimum Gasteiger partial charge on any atom is -0.408 e. The maximum absolute atomic E-state index is 5.91. The summed E-state index contributed by atoms with van der Waals surface area (Å²) in [4.78, 5) is 0.238. The highest BCUT2D eigenvalue weighted by molar-refractivity contribution is 7.71. The van der Waals surface area contributed by atoms with E-state index in [4.69, 9.17) is 28.2 Å². The first-order valence-electron chi connectivity index (χ1n) is 6.08. The van der Waals surface area contributed by atoms with Gasteiger partial charge in [0.1, 0.15) is 5.69 Å². The lowest BCUT2D eigenvalue weighted by molar-refractivity contribution is 0.547. The van der Waals surface area contributed by atoms with E-state index in [9.17, 15) is 0 Å². The van der Waals surface area contributed by atoms with E-state index in [1.807, 2.05) is 37.3 Å². The molecule has 0 amide bonds. The number of halogens is 1. The highest BCUT2D eigenvalue weighted by atomic mass is 35.5. The first-order chi connectivity index (χ1) is 9.67. The van der Waals surface area contributed by atoms with Crippen molar-refractivity contribution in [3.63, 3.8) is 0 Å². The third-order valence-electron chi connectivity index (χ3n) is 2.85. The van der Waals surface area contributed by atoms with Crippen molar-refractivity contribution < 1.29 is 4.42 Å². The lowest BCUT2D eigenvalue weighted by Crippen LogP contribution is -1.99. The molecule has 1 aromatic carbocycles. The largest absolute Gasteiger partial charge is 0.408 e. The number of aromatic nitrogens is 4. The van der Waals surface area contributed by atoms with Gasteiger partial charge < -0.3 is 4.42 Å². The number of rotatable bonds is 3. The summed E-state index contributed by atoms with van der Waals surface area (Å²) in [5.74, 6) is 0.414. The van der Waals surface area contributed by atoms with Gasteiger partial charge in [-0.15, -0.1) is 5.10 Å². The van der Waals surface area contributed by atoms with Gasteiger partial charge in [0.15, 0.2) is 0 Å². The summed E-state index contributed by atoms with van der Waals surface area (Å²) >= 11 is 10.8. The fraction of sp³-hybridized carbons (Fsp3) is 0.154. The topological polar surface area (TPSA) is 59.6 Å². The first-order valence-corrected chi connectivity index (χ1v) is 6.86. The van der Waals surface area contributed by atoms with Crippen LogP contribution in [0.5, 0.6) is 0 Å². The molecule has 2 heterocycles. The zero-order chi connectivity index (χ0) is 14.1. The Kier molecular flexibility index (Phi) is 3.42. The standard InChI is InChI=1S/C13H11ClN4OS/c1-2-9-7-11(12-15-16-13(20)19-12)18(17-9)10-5-3-8(14)4-6-10/h3-7H,2H2,1H3,(H,16,20). The number of hydrogen-bond donors (Lipinski definition) is 1. The molecule has 0 fully saturated rings. The van der Waals surface area contributed by atoms with Crippen LogP contribution in [0.4, 0.5) is 0 Å². The van der Waals surface area contributed by atoms with Crippen molar-refractivity contribution >= 4 is 23.8 Å². The van der Waals surface area contributed by atoms with Gasteiger partial charge in [0.2, 0.25) is 0 Å². The van der Waals surface area contributed by atoms with E-state index in [0.717, 1.165) is 23.5 Å². The maximum Gasteiger partial charge on any atom is 0.284 e. The van der Waals surface area contributed by atoms with Crippen LogP contribution in [-0.4, -0.2) is 20.0 Å². The molecular formula is C13H11ClN4OS.